The maximum absolute atomic E-state index is 12.2. The number of hydrogen-bond donors (Lipinski definition) is 1. The molecule has 2 rings (SSSR count). The fraction of sp³-hybridized carbons (Fsp3) is 0.278. The van der Waals surface area contributed by atoms with E-state index in [1.807, 2.05) is 31.2 Å². The minimum absolute atomic E-state index is 0.0710. The van der Waals surface area contributed by atoms with E-state index in [0.717, 1.165) is 17.7 Å². The van der Waals surface area contributed by atoms with Gasteiger partial charge in [-0.3, -0.25) is 14.4 Å². The molecule has 0 aliphatic heterocycles. The molecule has 126 valence electrons. The zero-order chi connectivity index (χ0) is 17.5. The molecule has 0 fully saturated rings. The summed E-state index contributed by atoms with van der Waals surface area (Å²) in [6.45, 7) is 1.85. The first-order valence-electron chi connectivity index (χ1n) is 7.78. The number of aromatic nitrogens is 1. The van der Waals surface area contributed by atoms with Crippen molar-refractivity contribution in [2.24, 2.45) is 0 Å². The van der Waals surface area contributed by atoms with E-state index in [9.17, 15) is 14.4 Å². The fourth-order valence-corrected chi connectivity index (χ4v) is 2.30. The molecule has 2 amide bonds. The molecule has 0 saturated heterocycles. The summed E-state index contributed by atoms with van der Waals surface area (Å²) in [6.07, 6.45) is 2.35. The van der Waals surface area contributed by atoms with Crippen LogP contribution < -0.4 is 10.9 Å². The Morgan fingerprint density at radius 1 is 1.12 bits per heavy atom. The van der Waals surface area contributed by atoms with Gasteiger partial charge in [0.1, 0.15) is 6.54 Å². The number of carbonyl (C=O) groups excluding carboxylic acids is 2. The molecule has 0 spiro atoms. The molecule has 1 heterocycles. The molecular formula is C18H21N3O3. The molecule has 6 nitrogen and oxygen atoms in total. The number of hydrogen-bond acceptors (Lipinski definition) is 3. The molecule has 0 atom stereocenters. The Labute approximate surface area is 140 Å². The molecule has 0 bridgehead atoms. The number of benzene rings is 1. The Balaban J connectivity index is 1.95. The molecule has 0 aliphatic carbocycles. The maximum Gasteiger partial charge on any atom is 0.250 e. The van der Waals surface area contributed by atoms with Gasteiger partial charge in [0.25, 0.3) is 5.56 Å². The number of rotatable bonds is 6. The van der Waals surface area contributed by atoms with Crippen LogP contribution in [0.25, 0.3) is 0 Å². The number of nitrogens with zero attached hydrogens (tertiary/aromatic N) is 2. The van der Waals surface area contributed by atoms with Crippen LogP contribution in [0.1, 0.15) is 12.5 Å². The van der Waals surface area contributed by atoms with Crippen LogP contribution in [0.4, 0.5) is 5.69 Å². The molecule has 2 aromatic rings. The Bertz CT molecular complexity index is 783. The van der Waals surface area contributed by atoms with Crippen LogP contribution >= 0.6 is 0 Å². The van der Waals surface area contributed by atoms with Crippen LogP contribution in [-0.2, 0) is 22.6 Å². The van der Waals surface area contributed by atoms with Crippen LogP contribution in [0.5, 0.6) is 0 Å². The summed E-state index contributed by atoms with van der Waals surface area (Å²) in [4.78, 5) is 37.2. The first-order valence-corrected chi connectivity index (χ1v) is 7.78. The Morgan fingerprint density at radius 3 is 2.54 bits per heavy atom. The highest BCUT2D eigenvalue weighted by Gasteiger charge is 2.14. The number of pyridine rings is 1. The monoisotopic (exact) mass is 327 g/mol. The van der Waals surface area contributed by atoms with E-state index in [1.165, 1.54) is 15.5 Å². The number of carbonyl (C=O) groups is 2. The number of likely N-dealkylation sites (N-methyl/N-ethyl adjacent to an activating group) is 1. The van der Waals surface area contributed by atoms with E-state index in [2.05, 4.69) is 5.32 Å². The quantitative estimate of drug-likeness (QED) is 0.874. The smallest absolute Gasteiger partial charge is 0.250 e. The lowest BCUT2D eigenvalue weighted by Gasteiger charge is -2.18. The zero-order valence-electron chi connectivity index (χ0n) is 13.9. The molecule has 1 aromatic carbocycles. The minimum Gasteiger partial charge on any atom is -0.335 e. The SMILES string of the molecule is CCc1ccccc1NC(=O)CN(C)C(=O)Cn1ccccc1=O. The molecule has 1 aromatic heterocycles. The van der Waals surface area contributed by atoms with Crippen molar-refractivity contribution in [1.29, 1.82) is 0 Å². The number of para-hydroxylation sites is 1. The third-order valence-corrected chi connectivity index (χ3v) is 3.68. The van der Waals surface area contributed by atoms with Crippen molar-refractivity contribution in [1.82, 2.24) is 9.47 Å². The Kier molecular flexibility index (Phi) is 5.89. The van der Waals surface area contributed by atoms with E-state index >= 15 is 0 Å². The average Bonchev–Trinajstić information content (AvgIpc) is 2.57. The summed E-state index contributed by atoms with van der Waals surface area (Å²) in [6, 6.07) is 12.2. The van der Waals surface area contributed by atoms with E-state index < -0.39 is 0 Å². The van der Waals surface area contributed by atoms with Crippen LogP contribution in [0.15, 0.2) is 53.5 Å². The summed E-state index contributed by atoms with van der Waals surface area (Å²) >= 11 is 0. The van der Waals surface area contributed by atoms with Gasteiger partial charge < -0.3 is 14.8 Å². The highest BCUT2D eigenvalue weighted by Crippen LogP contribution is 2.15. The Morgan fingerprint density at radius 2 is 1.83 bits per heavy atom. The topological polar surface area (TPSA) is 71.4 Å². The van der Waals surface area contributed by atoms with Gasteiger partial charge >= 0.3 is 0 Å². The predicted octanol–water partition coefficient (Wildman–Crippen LogP) is 1.51. The zero-order valence-corrected chi connectivity index (χ0v) is 13.9. The lowest BCUT2D eigenvalue weighted by atomic mass is 10.1. The van der Waals surface area contributed by atoms with Crippen molar-refractivity contribution in [2.75, 3.05) is 18.9 Å². The minimum atomic E-state index is -0.303. The van der Waals surface area contributed by atoms with Crippen LogP contribution in [-0.4, -0.2) is 34.9 Å². The van der Waals surface area contributed by atoms with E-state index in [1.54, 1.807) is 25.4 Å². The van der Waals surface area contributed by atoms with Gasteiger partial charge in [0, 0.05) is 25.0 Å². The third kappa shape index (κ3) is 4.55. The van der Waals surface area contributed by atoms with E-state index in [4.69, 9.17) is 0 Å². The van der Waals surface area contributed by atoms with E-state index in [0.29, 0.717) is 0 Å². The number of anilines is 1. The molecule has 0 saturated carbocycles. The maximum atomic E-state index is 12.2. The summed E-state index contributed by atoms with van der Waals surface area (Å²) in [7, 11) is 1.54. The molecule has 24 heavy (non-hydrogen) atoms. The van der Waals surface area contributed by atoms with Crippen molar-refractivity contribution < 1.29 is 9.59 Å². The van der Waals surface area contributed by atoms with E-state index in [-0.39, 0.29) is 30.5 Å². The lowest BCUT2D eigenvalue weighted by molar-refractivity contribution is -0.133. The summed E-state index contributed by atoms with van der Waals surface area (Å²) in [5.41, 5.74) is 1.54. The van der Waals surface area contributed by atoms with Gasteiger partial charge in [0.05, 0.1) is 6.54 Å². The number of aryl methyl sites for hydroxylation is 1. The van der Waals surface area contributed by atoms with Crippen LogP contribution in [0.2, 0.25) is 0 Å². The van der Waals surface area contributed by atoms with Gasteiger partial charge in [-0.2, -0.15) is 0 Å². The van der Waals surface area contributed by atoms with Gasteiger partial charge in [0.2, 0.25) is 11.8 Å². The van der Waals surface area contributed by atoms with Gasteiger partial charge in [0.15, 0.2) is 0 Å². The number of nitrogens with one attached hydrogen (secondary N) is 1. The van der Waals surface area contributed by atoms with Crippen molar-refractivity contribution in [3.05, 3.63) is 64.6 Å². The van der Waals surface area contributed by atoms with Crippen molar-refractivity contribution in [3.8, 4) is 0 Å². The van der Waals surface area contributed by atoms with Crippen molar-refractivity contribution in [2.45, 2.75) is 19.9 Å². The summed E-state index contributed by atoms with van der Waals surface area (Å²) in [5.74, 6) is -0.575. The number of amides is 2. The molecule has 0 unspecified atom stereocenters. The van der Waals surface area contributed by atoms with Crippen molar-refractivity contribution in [3.63, 3.8) is 0 Å². The highest BCUT2D eigenvalue weighted by atomic mass is 16.2. The second kappa shape index (κ2) is 8.10. The van der Waals surface area contributed by atoms with Gasteiger partial charge in [-0.1, -0.05) is 31.2 Å². The molecule has 6 heteroatoms. The highest BCUT2D eigenvalue weighted by molar-refractivity contribution is 5.95. The van der Waals surface area contributed by atoms with Gasteiger partial charge in [-0.05, 0) is 24.1 Å². The summed E-state index contributed by atoms with van der Waals surface area (Å²) < 4.78 is 1.31. The van der Waals surface area contributed by atoms with Crippen LogP contribution in [0, 0.1) is 0 Å². The van der Waals surface area contributed by atoms with Gasteiger partial charge in [-0.15, -0.1) is 0 Å². The molecular weight excluding hydrogens is 306 g/mol. The normalized spacial score (nSPS) is 10.2. The van der Waals surface area contributed by atoms with Crippen molar-refractivity contribution >= 4 is 17.5 Å². The fourth-order valence-electron chi connectivity index (χ4n) is 2.30. The lowest BCUT2D eigenvalue weighted by Crippen LogP contribution is -2.38. The molecule has 0 radical (unpaired) electrons. The van der Waals surface area contributed by atoms with Crippen LogP contribution in [0.3, 0.4) is 0 Å². The first-order chi connectivity index (χ1) is 11.5. The molecule has 0 aliphatic rings. The second-order valence-electron chi connectivity index (χ2n) is 5.48. The second-order valence-corrected chi connectivity index (χ2v) is 5.48. The standard InChI is InChI=1S/C18H21N3O3/c1-3-14-8-4-5-9-15(14)19-16(22)12-20(2)18(24)13-21-11-7-6-10-17(21)23/h4-11H,3,12-13H2,1-2H3,(H,19,22). The third-order valence-electron chi connectivity index (χ3n) is 3.68. The molecule has 1 N–H and O–H groups in total. The average molecular weight is 327 g/mol. The first kappa shape index (κ1) is 17.5. The largest absolute Gasteiger partial charge is 0.335 e. The predicted molar refractivity (Wildman–Crippen MR) is 92.8 cm³/mol. The summed E-state index contributed by atoms with van der Waals surface area (Å²) in [5, 5.41) is 2.82. The Hall–Kier alpha value is -2.89. The van der Waals surface area contributed by atoms with Gasteiger partial charge in [-0.25, -0.2) is 0 Å².